The molecule has 4 nitrogen and oxygen atoms in total. The quantitative estimate of drug-likeness (QED) is 0.750. The summed E-state index contributed by atoms with van der Waals surface area (Å²) < 4.78 is 5.49. The van der Waals surface area contributed by atoms with Crippen molar-refractivity contribution in [2.24, 2.45) is 5.92 Å². The van der Waals surface area contributed by atoms with Gasteiger partial charge in [-0.15, -0.1) is 0 Å². The zero-order valence-electron chi connectivity index (χ0n) is 10.1. The van der Waals surface area contributed by atoms with Gasteiger partial charge in [-0.3, -0.25) is 4.79 Å². The van der Waals surface area contributed by atoms with Crippen molar-refractivity contribution in [2.45, 2.75) is 32.3 Å². The first-order valence-electron chi connectivity index (χ1n) is 6.42. The lowest BCUT2D eigenvalue weighted by molar-refractivity contribution is -0.146. The summed E-state index contributed by atoms with van der Waals surface area (Å²) in [6.45, 7) is 6.25. The van der Waals surface area contributed by atoms with E-state index in [1.807, 2.05) is 4.90 Å². The Morgan fingerprint density at radius 2 is 2.19 bits per heavy atom. The molecular formula is C12H22N2O2. The summed E-state index contributed by atoms with van der Waals surface area (Å²) >= 11 is 0. The molecule has 1 amide bonds. The average molecular weight is 226 g/mol. The van der Waals surface area contributed by atoms with Crippen molar-refractivity contribution in [1.82, 2.24) is 10.2 Å². The fourth-order valence-electron chi connectivity index (χ4n) is 2.49. The van der Waals surface area contributed by atoms with Crippen LogP contribution in [0.1, 0.15) is 26.2 Å². The maximum atomic E-state index is 12.1. The number of carbonyl (C=O) groups excluding carboxylic acids is 1. The van der Waals surface area contributed by atoms with Gasteiger partial charge in [0, 0.05) is 26.2 Å². The number of likely N-dealkylation sites (tertiary alicyclic amines) is 1. The van der Waals surface area contributed by atoms with Crippen LogP contribution in [0.3, 0.4) is 0 Å². The summed E-state index contributed by atoms with van der Waals surface area (Å²) in [4.78, 5) is 14.1. The van der Waals surface area contributed by atoms with Crippen LogP contribution in [0, 0.1) is 5.92 Å². The van der Waals surface area contributed by atoms with Gasteiger partial charge in [-0.25, -0.2) is 0 Å². The molecule has 92 valence electrons. The van der Waals surface area contributed by atoms with Crippen LogP contribution in [-0.4, -0.2) is 49.7 Å². The molecule has 0 aliphatic carbocycles. The van der Waals surface area contributed by atoms with Crippen LogP contribution in [0.25, 0.3) is 0 Å². The van der Waals surface area contributed by atoms with Gasteiger partial charge in [0.1, 0.15) is 6.10 Å². The summed E-state index contributed by atoms with van der Waals surface area (Å²) in [5, 5.41) is 3.20. The van der Waals surface area contributed by atoms with Crippen molar-refractivity contribution in [3.63, 3.8) is 0 Å². The molecule has 1 N–H and O–H groups in total. The van der Waals surface area contributed by atoms with Crippen molar-refractivity contribution in [3.05, 3.63) is 0 Å². The van der Waals surface area contributed by atoms with Crippen LogP contribution < -0.4 is 5.32 Å². The number of nitrogens with one attached hydrogen (secondary N) is 1. The molecule has 1 unspecified atom stereocenters. The Balaban J connectivity index is 1.81. The van der Waals surface area contributed by atoms with E-state index in [9.17, 15) is 4.79 Å². The first kappa shape index (κ1) is 11.9. The van der Waals surface area contributed by atoms with Crippen molar-refractivity contribution in [1.29, 1.82) is 0 Å². The van der Waals surface area contributed by atoms with Gasteiger partial charge in [0.15, 0.2) is 0 Å². The van der Waals surface area contributed by atoms with Gasteiger partial charge in [0.05, 0.1) is 6.61 Å². The molecule has 2 aliphatic heterocycles. The van der Waals surface area contributed by atoms with Gasteiger partial charge in [0.25, 0.3) is 5.91 Å². The van der Waals surface area contributed by atoms with Crippen LogP contribution in [0.4, 0.5) is 0 Å². The first-order chi connectivity index (χ1) is 7.81. The van der Waals surface area contributed by atoms with E-state index in [0.717, 1.165) is 38.4 Å². The van der Waals surface area contributed by atoms with E-state index in [4.69, 9.17) is 4.74 Å². The highest BCUT2D eigenvalue weighted by Gasteiger charge is 2.29. The monoisotopic (exact) mass is 226 g/mol. The van der Waals surface area contributed by atoms with Gasteiger partial charge >= 0.3 is 0 Å². The van der Waals surface area contributed by atoms with E-state index >= 15 is 0 Å². The standard InChI is InChI=1S/C12H22N2O2/c1-2-10-3-6-14(7-4-10)12(15)11-9-13-5-8-16-11/h10-11,13H,2-9H2,1H3. The Morgan fingerprint density at radius 3 is 2.75 bits per heavy atom. The molecule has 2 rings (SSSR count). The third kappa shape index (κ3) is 2.74. The highest BCUT2D eigenvalue weighted by Crippen LogP contribution is 2.20. The van der Waals surface area contributed by atoms with Crippen LogP contribution in [-0.2, 0) is 9.53 Å². The van der Waals surface area contributed by atoms with E-state index in [1.54, 1.807) is 0 Å². The number of hydrogen-bond donors (Lipinski definition) is 1. The molecule has 4 heteroatoms. The van der Waals surface area contributed by atoms with Crippen LogP contribution in [0.15, 0.2) is 0 Å². The third-order valence-corrected chi connectivity index (χ3v) is 3.71. The molecule has 2 fully saturated rings. The molecule has 1 atom stereocenters. The minimum absolute atomic E-state index is 0.182. The molecule has 2 saturated heterocycles. The second-order valence-electron chi connectivity index (χ2n) is 4.74. The molecular weight excluding hydrogens is 204 g/mol. The lowest BCUT2D eigenvalue weighted by Crippen LogP contribution is -2.51. The Labute approximate surface area is 97.3 Å². The number of carbonyl (C=O) groups is 1. The zero-order valence-corrected chi connectivity index (χ0v) is 10.1. The van der Waals surface area contributed by atoms with Gasteiger partial charge in [0.2, 0.25) is 0 Å². The molecule has 0 radical (unpaired) electrons. The Hall–Kier alpha value is -0.610. The van der Waals surface area contributed by atoms with Gasteiger partial charge in [-0.1, -0.05) is 13.3 Å². The topological polar surface area (TPSA) is 41.6 Å². The van der Waals surface area contributed by atoms with Gasteiger partial charge in [-0.05, 0) is 18.8 Å². The lowest BCUT2D eigenvalue weighted by Gasteiger charge is -2.34. The fourth-order valence-corrected chi connectivity index (χ4v) is 2.49. The number of ether oxygens (including phenoxy) is 1. The molecule has 0 bridgehead atoms. The van der Waals surface area contributed by atoms with Crippen molar-refractivity contribution in [3.8, 4) is 0 Å². The van der Waals surface area contributed by atoms with Crippen LogP contribution in [0.5, 0.6) is 0 Å². The number of nitrogens with zero attached hydrogens (tertiary/aromatic N) is 1. The summed E-state index contributed by atoms with van der Waals surface area (Å²) in [6, 6.07) is 0. The molecule has 2 aliphatic rings. The number of rotatable bonds is 2. The van der Waals surface area contributed by atoms with Gasteiger partial charge in [-0.2, -0.15) is 0 Å². The predicted molar refractivity (Wildman–Crippen MR) is 62.2 cm³/mol. The van der Waals surface area contributed by atoms with Gasteiger partial charge < -0.3 is 15.0 Å². The third-order valence-electron chi connectivity index (χ3n) is 3.71. The normalized spacial score (nSPS) is 28.1. The minimum Gasteiger partial charge on any atom is -0.366 e. The van der Waals surface area contributed by atoms with Crippen LogP contribution >= 0.6 is 0 Å². The predicted octanol–water partition coefficient (Wildman–Crippen LogP) is 0.623. The second kappa shape index (κ2) is 5.64. The van der Waals surface area contributed by atoms with E-state index < -0.39 is 0 Å². The minimum atomic E-state index is -0.244. The van der Waals surface area contributed by atoms with E-state index in [0.29, 0.717) is 13.2 Å². The smallest absolute Gasteiger partial charge is 0.253 e. The molecule has 0 aromatic rings. The van der Waals surface area contributed by atoms with Crippen molar-refractivity contribution >= 4 is 5.91 Å². The molecule has 0 aromatic carbocycles. The highest BCUT2D eigenvalue weighted by molar-refractivity contribution is 5.81. The molecule has 0 spiro atoms. The maximum Gasteiger partial charge on any atom is 0.253 e. The summed E-state index contributed by atoms with van der Waals surface area (Å²) in [5.74, 6) is 0.996. The van der Waals surface area contributed by atoms with Crippen molar-refractivity contribution in [2.75, 3.05) is 32.8 Å². The molecule has 2 heterocycles. The number of hydrogen-bond acceptors (Lipinski definition) is 3. The number of amides is 1. The summed E-state index contributed by atoms with van der Waals surface area (Å²) in [7, 11) is 0. The SMILES string of the molecule is CCC1CCN(C(=O)C2CNCCO2)CC1. The van der Waals surface area contributed by atoms with Crippen molar-refractivity contribution < 1.29 is 9.53 Å². The Morgan fingerprint density at radius 1 is 1.44 bits per heavy atom. The van der Waals surface area contributed by atoms with E-state index in [-0.39, 0.29) is 12.0 Å². The lowest BCUT2D eigenvalue weighted by atomic mass is 9.94. The fraction of sp³-hybridized carbons (Fsp3) is 0.917. The Bertz CT molecular complexity index is 231. The first-order valence-corrected chi connectivity index (χ1v) is 6.42. The molecule has 0 aromatic heterocycles. The van der Waals surface area contributed by atoms with Crippen LogP contribution in [0.2, 0.25) is 0 Å². The van der Waals surface area contributed by atoms with E-state index in [2.05, 4.69) is 12.2 Å². The van der Waals surface area contributed by atoms with E-state index in [1.165, 1.54) is 6.42 Å². The average Bonchev–Trinajstić information content (AvgIpc) is 2.39. The second-order valence-corrected chi connectivity index (χ2v) is 4.74. The summed E-state index contributed by atoms with van der Waals surface area (Å²) in [5.41, 5.74) is 0. The molecule has 16 heavy (non-hydrogen) atoms. The summed E-state index contributed by atoms with van der Waals surface area (Å²) in [6.07, 6.45) is 3.31. The number of morpholine rings is 1. The Kier molecular flexibility index (Phi) is 4.18. The highest BCUT2D eigenvalue weighted by atomic mass is 16.5. The largest absolute Gasteiger partial charge is 0.366 e. The number of piperidine rings is 1. The maximum absolute atomic E-state index is 12.1. The molecule has 0 saturated carbocycles. The zero-order chi connectivity index (χ0) is 11.4.